The molecule has 2 rings (SSSR count). The molecule has 0 spiro atoms. The maximum atomic E-state index is 12.5. The number of halogens is 3. The molecule has 114 valence electrons. The van der Waals surface area contributed by atoms with Crippen LogP contribution in [0.5, 0.6) is 0 Å². The van der Waals surface area contributed by atoms with Gasteiger partial charge in [-0.1, -0.05) is 6.07 Å². The fourth-order valence-electron chi connectivity index (χ4n) is 1.48. The highest BCUT2D eigenvalue weighted by Crippen LogP contribution is 2.30. The maximum Gasteiger partial charge on any atom is 0.416 e. The zero-order valence-corrected chi connectivity index (χ0v) is 11.1. The van der Waals surface area contributed by atoms with Gasteiger partial charge in [-0.2, -0.15) is 13.2 Å². The van der Waals surface area contributed by atoms with Gasteiger partial charge in [0.25, 0.3) is 10.0 Å². The third-order valence-corrected chi connectivity index (χ3v) is 3.72. The summed E-state index contributed by atoms with van der Waals surface area (Å²) in [7, 11) is -4.22. The van der Waals surface area contributed by atoms with Crippen LogP contribution in [0.15, 0.2) is 40.9 Å². The molecule has 0 amide bonds. The number of hydrogen-bond donors (Lipinski definition) is 2. The summed E-state index contributed by atoms with van der Waals surface area (Å²) in [6.45, 7) is -0.149. The zero-order chi connectivity index (χ0) is 15.7. The van der Waals surface area contributed by atoms with E-state index in [0.717, 1.165) is 24.3 Å². The molecule has 0 radical (unpaired) electrons. The molecular weight excluding hydrogens is 313 g/mol. The first-order valence-electron chi connectivity index (χ1n) is 5.51. The number of alkyl halides is 3. The van der Waals surface area contributed by atoms with Crippen LogP contribution in [0, 0.1) is 0 Å². The average Bonchev–Trinajstić information content (AvgIpc) is 2.82. The Morgan fingerprint density at radius 1 is 1.24 bits per heavy atom. The largest absolute Gasteiger partial charge is 0.456 e. The van der Waals surface area contributed by atoms with Gasteiger partial charge in [0, 0.05) is 6.08 Å². The number of esters is 1. The van der Waals surface area contributed by atoms with E-state index in [1.54, 1.807) is 0 Å². The van der Waals surface area contributed by atoms with Crippen molar-refractivity contribution in [2.45, 2.75) is 11.1 Å². The fraction of sp³-hybridized carbons (Fsp3) is 0.182. The molecule has 0 aromatic heterocycles. The molecular formula is C11H9F3N2O4S. The van der Waals surface area contributed by atoms with E-state index in [1.807, 2.05) is 4.83 Å². The van der Waals surface area contributed by atoms with Crippen molar-refractivity contribution in [3.05, 3.63) is 41.6 Å². The number of hydrogen-bond acceptors (Lipinski definition) is 5. The van der Waals surface area contributed by atoms with Gasteiger partial charge in [0.05, 0.1) is 16.2 Å². The minimum absolute atomic E-state index is 0.149. The number of benzene rings is 1. The van der Waals surface area contributed by atoms with Gasteiger partial charge in [-0.3, -0.25) is 0 Å². The van der Waals surface area contributed by atoms with Crippen molar-refractivity contribution < 1.29 is 31.1 Å². The molecule has 1 aliphatic heterocycles. The van der Waals surface area contributed by atoms with Crippen LogP contribution in [0.1, 0.15) is 5.56 Å². The summed E-state index contributed by atoms with van der Waals surface area (Å²) in [5.41, 5.74) is 1.27. The van der Waals surface area contributed by atoms with E-state index in [9.17, 15) is 26.4 Å². The topological polar surface area (TPSA) is 84.5 Å². The highest BCUT2D eigenvalue weighted by atomic mass is 32.2. The minimum Gasteiger partial charge on any atom is -0.456 e. The van der Waals surface area contributed by atoms with E-state index >= 15 is 0 Å². The van der Waals surface area contributed by atoms with Crippen molar-refractivity contribution in [3.63, 3.8) is 0 Å². The predicted octanol–water partition coefficient (Wildman–Crippen LogP) is 0.929. The van der Waals surface area contributed by atoms with Gasteiger partial charge in [0.15, 0.2) is 0 Å². The number of cyclic esters (lactones) is 1. The van der Waals surface area contributed by atoms with E-state index in [1.165, 1.54) is 0 Å². The van der Waals surface area contributed by atoms with Gasteiger partial charge >= 0.3 is 12.1 Å². The van der Waals surface area contributed by atoms with Gasteiger partial charge in [-0.15, -0.1) is 4.83 Å². The molecule has 0 saturated heterocycles. The molecule has 0 atom stereocenters. The average molecular weight is 322 g/mol. The maximum absolute atomic E-state index is 12.5. The van der Waals surface area contributed by atoms with Crippen LogP contribution in [-0.4, -0.2) is 21.0 Å². The Labute approximate surface area is 117 Å². The Balaban J connectivity index is 2.16. The number of nitrogens with one attached hydrogen (secondary N) is 2. The molecule has 1 heterocycles. The van der Waals surface area contributed by atoms with Gasteiger partial charge in [0.1, 0.15) is 6.61 Å². The van der Waals surface area contributed by atoms with Crippen LogP contribution in [0.4, 0.5) is 13.2 Å². The lowest BCUT2D eigenvalue weighted by Gasteiger charge is -2.11. The quantitative estimate of drug-likeness (QED) is 0.636. The lowest BCUT2D eigenvalue weighted by atomic mass is 10.2. The first-order chi connectivity index (χ1) is 9.68. The van der Waals surface area contributed by atoms with Gasteiger partial charge in [-0.25, -0.2) is 13.2 Å². The molecule has 0 saturated carbocycles. The van der Waals surface area contributed by atoms with E-state index in [2.05, 4.69) is 10.2 Å². The Morgan fingerprint density at radius 2 is 1.95 bits per heavy atom. The molecule has 0 fully saturated rings. The number of hydrazine groups is 1. The van der Waals surface area contributed by atoms with Gasteiger partial charge in [-0.05, 0) is 18.2 Å². The standard InChI is InChI=1S/C11H9F3N2O4S/c12-11(13,14)7-2-1-3-9(4-7)21(18,19)16-15-8-5-10(17)20-6-8/h1-5,15-16H,6H2. The van der Waals surface area contributed by atoms with Crippen LogP contribution in [0.3, 0.4) is 0 Å². The SMILES string of the molecule is O=C1C=C(NNS(=O)(=O)c2cccc(C(F)(F)F)c2)CO1. The Kier molecular flexibility index (Phi) is 3.92. The molecule has 2 N–H and O–H groups in total. The zero-order valence-electron chi connectivity index (χ0n) is 10.3. The number of carbonyl (C=O) groups excluding carboxylic acids is 1. The van der Waals surface area contributed by atoms with Crippen molar-refractivity contribution in [3.8, 4) is 0 Å². The van der Waals surface area contributed by atoms with Crippen molar-refractivity contribution in [2.75, 3.05) is 6.61 Å². The monoisotopic (exact) mass is 322 g/mol. The Hall–Kier alpha value is -2.07. The smallest absolute Gasteiger partial charge is 0.416 e. The molecule has 10 heteroatoms. The van der Waals surface area contributed by atoms with Crippen molar-refractivity contribution >= 4 is 16.0 Å². The van der Waals surface area contributed by atoms with Crippen LogP contribution in [0.25, 0.3) is 0 Å². The summed E-state index contributed by atoms with van der Waals surface area (Å²) >= 11 is 0. The van der Waals surface area contributed by atoms with E-state index in [4.69, 9.17) is 0 Å². The van der Waals surface area contributed by atoms with Gasteiger partial charge in [0.2, 0.25) is 0 Å². The summed E-state index contributed by atoms with van der Waals surface area (Å²) < 4.78 is 65.8. The summed E-state index contributed by atoms with van der Waals surface area (Å²) in [6.07, 6.45) is -3.62. The highest BCUT2D eigenvalue weighted by Gasteiger charge is 2.31. The van der Waals surface area contributed by atoms with Crippen molar-refractivity contribution in [2.24, 2.45) is 0 Å². The Morgan fingerprint density at radius 3 is 2.52 bits per heavy atom. The molecule has 1 aromatic rings. The Bertz CT molecular complexity index is 698. The van der Waals surface area contributed by atoms with Crippen LogP contribution < -0.4 is 10.3 Å². The molecule has 1 aliphatic rings. The lowest BCUT2D eigenvalue weighted by Crippen LogP contribution is -2.37. The van der Waals surface area contributed by atoms with Crippen LogP contribution in [-0.2, 0) is 25.7 Å². The molecule has 6 nitrogen and oxygen atoms in total. The summed E-state index contributed by atoms with van der Waals surface area (Å²) in [6, 6.07) is 3.27. The second-order valence-corrected chi connectivity index (χ2v) is 5.72. The number of carbonyl (C=O) groups is 1. The number of rotatable bonds is 4. The number of ether oxygens (including phenoxy) is 1. The van der Waals surface area contributed by atoms with Crippen molar-refractivity contribution in [1.82, 2.24) is 10.3 Å². The van der Waals surface area contributed by atoms with Crippen LogP contribution >= 0.6 is 0 Å². The molecule has 0 unspecified atom stereocenters. The van der Waals surface area contributed by atoms with E-state index < -0.39 is 32.6 Å². The van der Waals surface area contributed by atoms with Gasteiger partial charge < -0.3 is 10.2 Å². The predicted molar refractivity (Wildman–Crippen MR) is 63.9 cm³/mol. The molecule has 21 heavy (non-hydrogen) atoms. The van der Waals surface area contributed by atoms with Crippen LogP contribution in [0.2, 0.25) is 0 Å². The fourth-order valence-corrected chi connectivity index (χ4v) is 2.40. The first kappa shape index (κ1) is 15.3. The summed E-state index contributed by atoms with van der Waals surface area (Å²) in [5, 5.41) is 0. The minimum atomic E-state index is -4.65. The molecule has 0 aliphatic carbocycles. The van der Waals surface area contributed by atoms with E-state index in [0.29, 0.717) is 6.07 Å². The second kappa shape index (κ2) is 5.37. The van der Waals surface area contributed by atoms with Crippen molar-refractivity contribution in [1.29, 1.82) is 0 Å². The third kappa shape index (κ3) is 3.73. The first-order valence-corrected chi connectivity index (χ1v) is 6.99. The second-order valence-electron chi connectivity index (χ2n) is 4.03. The highest BCUT2D eigenvalue weighted by molar-refractivity contribution is 7.89. The molecule has 1 aromatic carbocycles. The number of sulfonamides is 1. The lowest BCUT2D eigenvalue weighted by molar-refractivity contribution is -0.138. The summed E-state index contributed by atoms with van der Waals surface area (Å²) in [5.74, 6) is -0.643. The van der Waals surface area contributed by atoms with E-state index in [-0.39, 0.29) is 12.3 Å². The summed E-state index contributed by atoms with van der Waals surface area (Å²) in [4.78, 5) is 12.1. The normalized spacial score (nSPS) is 15.6. The third-order valence-electron chi connectivity index (χ3n) is 2.48. The molecule has 0 bridgehead atoms.